The zero-order chi connectivity index (χ0) is 13.8. The lowest BCUT2D eigenvalue weighted by molar-refractivity contribution is 0.386. The summed E-state index contributed by atoms with van der Waals surface area (Å²) in [7, 11) is 1.48. The lowest BCUT2D eigenvalue weighted by atomic mass is 10.0. The monoisotopic (exact) mass is 322 g/mol. The maximum absolute atomic E-state index is 13.4. The second-order valence-electron chi connectivity index (χ2n) is 4.55. The molecule has 0 fully saturated rings. The molecule has 19 heavy (non-hydrogen) atoms. The van der Waals surface area contributed by atoms with Gasteiger partial charge in [-0.25, -0.2) is 4.39 Å². The summed E-state index contributed by atoms with van der Waals surface area (Å²) < 4.78 is 18.4. The number of hydrogen-bond acceptors (Lipinski definition) is 1. The van der Waals surface area contributed by atoms with E-state index in [0.29, 0.717) is 0 Å². The SMILES string of the molecule is COc1cc(C(Br)Cc2cccc(C)c2)ccc1F. The van der Waals surface area contributed by atoms with Crippen molar-refractivity contribution in [2.24, 2.45) is 0 Å². The molecule has 0 spiro atoms. The first-order chi connectivity index (χ1) is 9.10. The van der Waals surface area contributed by atoms with Crippen molar-refractivity contribution in [3.63, 3.8) is 0 Å². The average Bonchev–Trinajstić information content (AvgIpc) is 2.39. The first kappa shape index (κ1) is 14.1. The highest BCUT2D eigenvalue weighted by Crippen LogP contribution is 2.30. The Morgan fingerprint density at radius 2 is 2.00 bits per heavy atom. The molecule has 0 aromatic heterocycles. The number of hydrogen-bond donors (Lipinski definition) is 0. The second-order valence-corrected chi connectivity index (χ2v) is 5.66. The summed E-state index contributed by atoms with van der Waals surface area (Å²) in [5.74, 6) is -0.0484. The van der Waals surface area contributed by atoms with Gasteiger partial charge in [0.1, 0.15) is 0 Å². The first-order valence-electron chi connectivity index (χ1n) is 6.13. The van der Waals surface area contributed by atoms with Crippen LogP contribution in [0, 0.1) is 12.7 Å². The third-order valence-electron chi connectivity index (χ3n) is 3.03. The molecule has 100 valence electrons. The van der Waals surface area contributed by atoms with Crippen LogP contribution in [0.4, 0.5) is 4.39 Å². The van der Waals surface area contributed by atoms with Crippen LogP contribution in [0.1, 0.15) is 21.5 Å². The first-order valence-corrected chi connectivity index (χ1v) is 7.05. The molecule has 0 amide bonds. The fourth-order valence-corrected chi connectivity index (χ4v) is 2.69. The molecule has 1 nitrogen and oxygen atoms in total. The van der Waals surface area contributed by atoms with E-state index in [1.807, 2.05) is 0 Å². The molecule has 0 aliphatic carbocycles. The topological polar surface area (TPSA) is 9.23 Å². The molecule has 0 N–H and O–H groups in total. The Labute approximate surface area is 121 Å². The van der Waals surface area contributed by atoms with E-state index in [9.17, 15) is 4.39 Å². The van der Waals surface area contributed by atoms with Crippen molar-refractivity contribution < 1.29 is 9.13 Å². The van der Waals surface area contributed by atoms with Gasteiger partial charge in [0, 0.05) is 4.83 Å². The maximum Gasteiger partial charge on any atom is 0.165 e. The van der Waals surface area contributed by atoms with Crippen LogP contribution in [-0.2, 0) is 6.42 Å². The molecule has 2 aromatic carbocycles. The Kier molecular flexibility index (Phi) is 4.59. The quantitative estimate of drug-likeness (QED) is 0.733. The van der Waals surface area contributed by atoms with E-state index in [1.165, 1.54) is 24.3 Å². The molecule has 0 radical (unpaired) electrons. The highest BCUT2D eigenvalue weighted by molar-refractivity contribution is 9.09. The lowest BCUT2D eigenvalue weighted by Crippen LogP contribution is -1.98. The molecular weight excluding hydrogens is 307 g/mol. The van der Waals surface area contributed by atoms with Crippen LogP contribution < -0.4 is 4.74 Å². The second kappa shape index (κ2) is 6.20. The van der Waals surface area contributed by atoms with Crippen molar-refractivity contribution in [1.82, 2.24) is 0 Å². The third-order valence-corrected chi connectivity index (χ3v) is 3.89. The zero-order valence-electron chi connectivity index (χ0n) is 11.0. The van der Waals surface area contributed by atoms with Gasteiger partial charge in [0.2, 0.25) is 0 Å². The predicted molar refractivity (Wildman–Crippen MR) is 79.5 cm³/mol. The molecule has 0 saturated heterocycles. The normalized spacial score (nSPS) is 12.2. The number of alkyl halides is 1. The predicted octanol–water partition coefficient (Wildman–Crippen LogP) is 4.82. The molecule has 0 aliphatic heterocycles. The van der Waals surface area contributed by atoms with Crippen LogP contribution >= 0.6 is 15.9 Å². The number of benzene rings is 2. The molecule has 2 aromatic rings. The van der Waals surface area contributed by atoms with E-state index >= 15 is 0 Å². The summed E-state index contributed by atoms with van der Waals surface area (Å²) >= 11 is 3.66. The zero-order valence-corrected chi connectivity index (χ0v) is 12.6. The number of rotatable bonds is 4. The van der Waals surface area contributed by atoms with E-state index < -0.39 is 0 Å². The Morgan fingerprint density at radius 3 is 2.68 bits per heavy atom. The molecule has 1 atom stereocenters. The third kappa shape index (κ3) is 3.57. The highest BCUT2D eigenvalue weighted by atomic mass is 79.9. The minimum absolute atomic E-state index is 0.142. The van der Waals surface area contributed by atoms with Gasteiger partial charge in [0.25, 0.3) is 0 Å². The summed E-state index contributed by atoms with van der Waals surface area (Å²) in [6.07, 6.45) is 0.858. The van der Waals surface area contributed by atoms with Gasteiger partial charge in [-0.3, -0.25) is 0 Å². The Morgan fingerprint density at radius 1 is 1.21 bits per heavy atom. The Balaban J connectivity index is 2.18. The van der Waals surface area contributed by atoms with Crippen LogP contribution in [0.15, 0.2) is 42.5 Å². The summed E-state index contributed by atoms with van der Waals surface area (Å²) in [6.45, 7) is 2.08. The molecule has 0 heterocycles. The number of ether oxygens (including phenoxy) is 1. The van der Waals surface area contributed by atoms with Gasteiger partial charge in [-0.1, -0.05) is 51.8 Å². The van der Waals surface area contributed by atoms with Crippen LogP contribution in [0.5, 0.6) is 5.75 Å². The molecule has 0 saturated carbocycles. The lowest BCUT2D eigenvalue weighted by Gasteiger charge is -2.12. The summed E-state index contributed by atoms with van der Waals surface area (Å²) in [5, 5.41) is 0. The minimum atomic E-state index is -0.332. The molecule has 1 unspecified atom stereocenters. The van der Waals surface area contributed by atoms with E-state index in [0.717, 1.165) is 12.0 Å². The van der Waals surface area contributed by atoms with Gasteiger partial charge in [-0.15, -0.1) is 0 Å². The minimum Gasteiger partial charge on any atom is -0.494 e. The van der Waals surface area contributed by atoms with Crippen molar-refractivity contribution in [2.45, 2.75) is 18.2 Å². The summed E-state index contributed by atoms with van der Waals surface area (Å²) in [5.41, 5.74) is 3.51. The Bertz CT molecular complexity index is 568. The van der Waals surface area contributed by atoms with Gasteiger partial charge >= 0.3 is 0 Å². The standard InChI is InChI=1S/C16H16BrFO/c1-11-4-3-5-12(8-11)9-14(17)13-6-7-15(18)16(10-13)19-2/h3-8,10,14H,9H2,1-2H3. The maximum atomic E-state index is 13.4. The molecule has 0 aliphatic rings. The molecule has 0 bridgehead atoms. The van der Waals surface area contributed by atoms with Gasteiger partial charge in [-0.2, -0.15) is 0 Å². The number of halogens is 2. The number of aryl methyl sites for hydroxylation is 1. The van der Waals surface area contributed by atoms with Gasteiger partial charge in [0.15, 0.2) is 11.6 Å². The van der Waals surface area contributed by atoms with Crippen molar-refractivity contribution in [2.75, 3.05) is 7.11 Å². The largest absolute Gasteiger partial charge is 0.494 e. The highest BCUT2D eigenvalue weighted by Gasteiger charge is 2.12. The van der Waals surface area contributed by atoms with Gasteiger partial charge < -0.3 is 4.74 Å². The van der Waals surface area contributed by atoms with Crippen molar-refractivity contribution >= 4 is 15.9 Å². The van der Waals surface area contributed by atoms with Crippen molar-refractivity contribution in [3.8, 4) is 5.75 Å². The van der Waals surface area contributed by atoms with Crippen molar-refractivity contribution in [1.29, 1.82) is 0 Å². The molecular formula is C16H16BrFO. The smallest absolute Gasteiger partial charge is 0.165 e. The van der Waals surface area contributed by atoms with Crippen LogP contribution in [-0.4, -0.2) is 7.11 Å². The van der Waals surface area contributed by atoms with E-state index in [1.54, 1.807) is 12.1 Å². The van der Waals surface area contributed by atoms with E-state index in [-0.39, 0.29) is 16.4 Å². The van der Waals surface area contributed by atoms with Crippen LogP contribution in [0.2, 0.25) is 0 Å². The fourth-order valence-electron chi connectivity index (χ4n) is 2.04. The van der Waals surface area contributed by atoms with E-state index in [4.69, 9.17) is 4.74 Å². The fraction of sp³-hybridized carbons (Fsp3) is 0.250. The Hall–Kier alpha value is -1.35. The summed E-state index contributed by atoms with van der Waals surface area (Å²) in [6, 6.07) is 13.4. The van der Waals surface area contributed by atoms with Gasteiger partial charge in [0.05, 0.1) is 7.11 Å². The van der Waals surface area contributed by atoms with E-state index in [2.05, 4.69) is 47.1 Å². The number of methoxy groups -OCH3 is 1. The van der Waals surface area contributed by atoms with Crippen LogP contribution in [0.25, 0.3) is 0 Å². The summed E-state index contributed by atoms with van der Waals surface area (Å²) in [4.78, 5) is 0.142. The van der Waals surface area contributed by atoms with Crippen molar-refractivity contribution in [3.05, 3.63) is 65.0 Å². The molecule has 3 heteroatoms. The average molecular weight is 323 g/mol. The molecule has 2 rings (SSSR count). The van der Waals surface area contributed by atoms with Gasteiger partial charge in [-0.05, 0) is 36.6 Å². The van der Waals surface area contributed by atoms with Crippen LogP contribution in [0.3, 0.4) is 0 Å².